The van der Waals surface area contributed by atoms with E-state index < -0.39 is 42.0 Å². The van der Waals surface area contributed by atoms with Gasteiger partial charge in [0.1, 0.15) is 0 Å². The number of aliphatic hydroxyl groups excluding tert-OH is 1. The van der Waals surface area contributed by atoms with Crippen LogP contribution >= 0.6 is 0 Å². The topological polar surface area (TPSA) is 56.8 Å². The van der Waals surface area contributed by atoms with Gasteiger partial charge in [-0.2, -0.15) is 26.3 Å². The Bertz CT molecular complexity index is 979. The van der Waals surface area contributed by atoms with Gasteiger partial charge in [0.05, 0.1) is 29.9 Å². The first-order chi connectivity index (χ1) is 17.0. The molecule has 0 bridgehead atoms. The van der Waals surface area contributed by atoms with Gasteiger partial charge in [-0.15, -0.1) is 0 Å². The van der Waals surface area contributed by atoms with Crippen molar-refractivity contribution in [3.05, 3.63) is 70.8 Å². The third-order valence-corrected chi connectivity index (χ3v) is 6.89. The lowest BCUT2D eigenvalue weighted by Gasteiger charge is -2.49. The van der Waals surface area contributed by atoms with Gasteiger partial charge >= 0.3 is 12.4 Å². The van der Waals surface area contributed by atoms with E-state index in [9.17, 15) is 31.4 Å². The van der Waals surface area contributed by atoms with E-state index in [-0.39, 0.29) is 24.3 Å². The van der Waals surface area contributed by atoms with Crippen LogP contribution in [-0.4, -0.2) is 48.6 Å². The van der Waals surface area contributed by atoms with E-state index in [1.165, 1.54) is 0 Å². The van der Waals surface area contributed by atoms with Crippen LogP contribution < -0.4 is 10.6 Å². The second-order valence-electron chi connectivity index (χ2n) is 9.34. The quantitative estimate of drug-likeness (QED) is 0.495. The van der Waals surface area contributed by atoms with Crippen LogP contribution in [0.25, 0.3) is 0 Å². The van der Waals surface area contributed by atoms with Crippen LogP contribution in [0.4, 0.5) is 26.3 Å². The minimum Gasteiger partial charge on any atom is -0.374 e. The van der Waals surface area contributed by atoms with Crippen LogP contribution in [0.5, 0.6) is 0 Å². The number of hydrogen-bond donors (Lipinski definition) is 3. The molecule has 2 aromatic carbocycles. The van der Waals surface area contributed by atoms with Crippen LogP contribution in [0.3, 0.4) is 0 Å². The summed E-state index contributed by atoms with van der Waals surface area (Å²) < 4.78 is 85.0. The van der Waals surface area contributed by atoms with Crippen molar-refractivity contribution in [3.8, 4) is 0 Å². The molecule has 0 aromatic heterocycles. The Morgan fingerprint density at radius 1 is 0.944 bits per heavy atom. The van der Waals surface area contributed by atoms with Crippen LogP contribution in [-0.2, 0) is 29.2 Å². The Balaban J connectivity index is 1.52. The normalized spacial score (nSPS) is 24.7. The molecular formula is C25H29F6N3O2. The Morgan fingerprint density at radius 3 is 2.11 bits per heavy atom. The van der Waals surface area contributed by atoms with Crippen LogP contribution in [0, 0.1) is 0 Å². The molecule has 198 valence electrons. The fourth-order valence-electron chi connectivity index (χ4n) is 4.99. The molecule has 2 aliphatic rings. The minimum absolute atomic E-state index is 0.0499. The number of ether oxygens (including phenoxy) is 1. The molecule has 2 atom stereocenters. The number of benzene rings is 2. The number of nitrogens with zero attached hydrogens (tertiary/aromatic N) is 1. The highest BCUT2D eigenvalue weighted by atomic mass is 19.4. The lowest BCUT2D eigenvalue weighted by atomic mass is 9.85. The van der Waals surface area contributed by atoms with E-state index in [1.54, 1.807) is 0 Å². The molecule has 0 saturated carbocycles. The molecule has 0 radical (unpaired) electrons. The van der Waals surface area contributed by atoms with Crippen molar-refractivity contribution in [1.82, 2.24) is 15.5 Å². The van der Waals surface area contributed by atoms with Crippen molar-refractivity contribution in [1.29, 1.82) is 0 Å². The number of halogens is 6. The van der Waals surface area contributed by atoms with Gasteiger partial charge in [-0.05, 0) is 61.7 Å². The molecule has 0 amide bonds. The highest BCUT2D eigenvalue weighted by Gasteiger charge is 2.42. The fraction of sp³-hybridized carbons (Fsp3) is 0.520. The third-order valence-electron chi connectivity index (χ3n) is 6.89. The van der Waals surface area contributed by atoms with Gasteiger partial charge in [-0.1, -0.05) is 30.3 Å². The van der Waals surface area contributed by atoms with E-state index in [1.807, 2.05) is 35.2 Å². The summed E-state index contributed by atoms with van der Waals surface area (Å²) in [5.74, 6) is 0. The zero-order valence-corrected chi connectivity index (χ0v) is 19.5. The summed E-state index contributed by atoms with van der Waals surface area (Å²) in [5.41, 5.74) is -3.03. The molecule has 2 unspecified atom stereocenters. The first-order valence-electron chi connectivity index (χ1n) is 11.8. The van der Waals surface area contributed by atoms with Crippen molar-refractivity contribution in [2.24, 2.45) is 0 Å². The standard InChI is InChI=1S/C25H29F6N3O2/c26-24(27,28)19-12-17(13-20(14-19)25(29,30)31)15-36-16-23(18-4-2-1-3-5-18)8-11-34(22(35)33-23)21-6-9-32-10-7-21/h1-5,12-14,21-22,32-33,35H,6-11,15-16H2. The molecule has 4 rings (SSSR count). The molecule has 2 aliphatic heterocycles. The van der Waals surface area contributed by atoms with Gasteiger partial charge in [0.25, 0.3) is 0 Å². The first kappa shape index (κ1) is 26.9. The van der Waals surface area contributed by atoms with Gasteiger partial charge in [0.2, 0.25) is 0 Å². The fourth-order valence-corrected chi connectivity index (χ4v) is 4.99. The predicted octanol–water partition coefficient (Wildman–Crippen LogP) is 4.46. The maximum absolute atomic E-state index is 13.2. The zero-order chi connectivity index (χ0) is 26.0. The predicted molar refractivity (Wildman–Crippen MR) is 121 cm³/mol. The SMILES string of the molecule is OC1NC(COCc2cc(C(F)(F)F)cc(C(F)(F)F)c2)(c2ccccc2)CCN1C1CCNCC1. The lowest BCUT2D eigenvalue weighted by molar-refractivity contribution is -0.143. The van der Waals surface area contributed by atoms with Crippen LogP contribution in [0.1, 0.15) is 41.5 Å². The summed E-state index contributed by atoms with van der Waals surface area (Å²) >= 11 is 0. The average molecular weight is 518 g/mol. The maximum atomic E-state index is 13.2. The van der Waals surface area contributed by atoms with Crippen molar-refractivity contribution >= 4 is 0 Å². The Kier molecular flexibility index (Phi) is 7.96. The van der Waals surface area contributed by atoms with Gasteiger partial charge in [0, 0.05) is 12.6 Å². The van der Waals surface area contributed by atoms with Gasteiger partial charge in [0.15, 0.2) is 6.35 Å². The molecule has 2 fully saturated rings. The molecule has 11 heteroatoms. The average Bonchev–Trinajstić information content (AvgIpc) is 2.84. The molecule has 0 aliphatic carbocycles. The number of rotatable bonds is 6. The van der Waals surface area contributed by atoms with Crippen molar-refractivity contribution in [2.75, 3.05) is 26.2 Å². The smallest absolute Gasteiger partial charge is 0.374 e. The summed E-state index contributed by atoms with van der Waals surface area (Å²) in [4.78, 5) is 1.99. The molecule has 0 spiro atoms. The Hall–Kier alpha value is -2.18. The largest absolute Gasteiger partial charge is 0.416 e. The van der Waals surface area contributed by atoms with Crippen molar-refractivity contribution in [3.63, 3.8) is 0 Å². The van der Waals surface area contributed by atoms with E-state index >= 15 is 0 Å². The highest BCUT2D eigenvalue weighted by Crippen LogP contribution is 2.37. The molecule has 5 nitrogen and oxygen atoms in total. The Labute approximate surface area is 205 Å². The van der Waals surface area contributed by atoms with Crippen molar-refractivity contribution in [2.45, 2.75) is 56.2 Å². The number of hydrogen-bond acceptors (Lipinski definition) is 5. The van der Waals surface area contributed by atoms with Gasteiger partial charge in [-0.25, -0.2) is 0 Å². The molecule has 2 saturated heterocycles. The number of piperidine rings is 1. The van der Waals surface area contributed by atoms with E-state index in [4.69, 9.17) is 4.74 Å². The number of aliphatic hydroxyl groups is 1. The lowest BCUT2D eigenvalue weighted by Crippen LogP contribution is -2.65. The molecule has 2 aromatic rings. The van der Waals surface area contributed by atoms with Crippen LogP contribution in [0.15, 0.2) is 48.5 Å². The van der Waals surface area contributed by atoms with Gasteiger partial charge in [-0.3, -0.25) is 10.2 Å². The molecule has 3 N–H and O–H groups in total. The summed E-state index contributed by atoms with van der Waals surface area (Å²) in [6.07, 6.45) is -8.50. The Morgan fingerprint density at radius 2 is 1.56 bits per heavy atom. The van der Waals surface area contributed by atoms with Crippen LogP contribution in [0.2, 0.25) is 0 Å². The van der Waals surface area contributed by atoms with E-state index in [0.29, 0.717) is 25.1 Å². The zero-order valence-electron chi connectivity index (χ0n) is 19.5. The van der Waals surface area contributed by atoms with E-state index in [2.05, 4.69) is 10.6 Å². The summed E-state index contributed by atoms with van der Waals surface area (Å²) in [5, 5.41) is 17.5. The second-order valence-corrected chi connectivity index (χ2v) is 9.34. The first-order valence-corrected chi connectivity index (χ1v) is 11.8. The van der Waals surface area contributed by atoms with Crippen molar-refractivity contribution < 1.29 is 36.2 Å². The number of alkyl halides is 6. The number of nitrogens with one attached hydrogen (secondary N) is 2. The summed E-state index contributed by atoms with van der Waals surface area (Å²) in [7, 11) is 0. The highest BCUT2D eigenvalue weighted by molar-refractivity contribution is 5.33. The second kappa shape index (κ2) is 10.7. The summed E-state index contributed by atoms with van der Waals surface area (Å²) in [6, 6.07) is 10.8. The maximum Gasteiger partial charge on any atom is 0.416 e. The third kappa shape index (κ3) is 6.20. The summed E-state index contributed by atoms with van der Waals surface area (Å²) in [6.45, 7) is 1.78. The molecule has 36 heavy (non-hydrogen) atoms. The monoisotopic (exact) mass is 517 g/mol. The molecule has 2 heterocycles. The minimum atomic E-state index is -4.92. The van der Waals surface area contributed by atoms with Gasteiger partial charge < -0.3 is 15.2 Å². The van der Waals surface area contributed by atoms with E-state index in [0.717, 1.165) is 31.5 Å². The molecular weight excluding hydrogens is 488 g/mol.